The number of hydrogen-bond acceptors (Lipinski definition) is 4. The van der Waals surface area contributed by atoms with E-state index >= 15 is 0 Å². The third kappa shape index (κ3) is 3.57. The van der Waals surface area contributed by atoms with Crippen molar-refractivity contribution in [3.05, 3.63) is 70.0 Å². The van der Waals surface area contributed by atoms with Crippen LogP contribution in [0.4, 0.5) is 0 Å². The van der Waals surface area contributed by atoms with Gasteiger partial charge in [-0.1, -0.05) is 30.3 Å². The number of carboxylic acid groups (broad SMARTS) is 1. The molecule has 5 heteroatoms. The number of hydrogen-bond donors (Lipinski definition) is 1. The highest BCUT2D eigenvalue weighted by Gasteiger charge is 2.10. The van der Waals surface area contributed by atoms with Crippen LogP contribution in [0.25, 0.3) is 11.3 Å². The molecule has 0 atom stereocenters. The third-order valence-electron chi connectivity index (χ3n) is 3.35. The van der Waals surface area contributed by atoms with Crippen molar-refractivity contribution in [1.82, 2.24) is 4.98 Å². The average molecular weight is 325 g/mol. The maximum atomic E-state index is 10.8. The first-order valence-corrected chi connectivity index (χ1v) is 7.93. The summed E-state index contributed by atoms with van der Waals surface area (Å²) in [5.74, 6) is -0.316. The number of benzene rings is 2. The highest BCUT2D eigenvalue weighted by molar-refractivity contribution is 7.12. The Bertz CT molecular complexity index is 810. The molecular weight excluding hydrogens is 310 g/mol. The Labute approximate surface area is 138 Å². The van der Waals surface area contributed by atoms with Crippen molar-refractivity contribution in [1.29, 1.82) is 0 Å². The molecule has 1 aromatic heterocycles. The number of nitrogens with zero attached hydrogens (tertiary/aromatic N) is 1. The first kappa shape index (κ1) is 15.2. The quantitative estimate of drug-likeness (QED) is 0.755. The second-order valence-electron chi connectivity index (χ2n) is 5.00. The molecule has 0 aliphatic rings. The molecule has 0 fully saturated rings. The van der Waals surface area contributed by atoms with Crippen LogP contribution in [-0.2, 0) is 6.61 Å². The van der Waals surface area contributed by atoms with E-state index in [9.17, 15) is 4.79 Å². The van der Waals surface area contributed by atoms with Gasteiger partial charge in [0, 0.05) is 10.4 Å². The van der Waals surface area contributed by atoms with Gasteiger partial charge in [0.25, 0.3) is 0 Å². The number of carbonyl (C=O) groups is 1. The summed E-state index contributed by atoms with van der Waals surface area (Å²) in [6.07, 6.45) is 0. The van der Waals surface area contributed by atoms with Crippen molar-refractivity contribution >= 4 is 17.3 Å². The highest BCUT2D eigenvalue weighted by Crippen LogP contribution is 2.28. The minimum Gasteiger partial charge on any atom is -0.486 e. The fourth-order valence-corrected chi connectivity index (χ4v) is 3.08. The minimum absolute atomic E-state index is 0.244. The maximum absolute atomic E-state index is 10.8. The molecule has 1 heterocycles. The molecule has 0 aliphatic heterocycles. The van der Waals surface area contributed by atoms with E-state index in [0.717, 1.165) is 21.1 Å². The summed E-state index contributed by atoms with van der Waals surface area (Å²) in [5.41, 5.74) is 2.32. The van der Waals surface area contributed by atoms with Crippen molar-refractivity contribution in [2.24, 2.45) is 0 Å². The number of rotatable bonds is 5. The van der Waals surface area contributed by atoms with E-state index < -0.39 is 5.97 Å². The summed E-state index contributed by atoms with van der Waals surface area (Å²) < 4.78 is 5.69. The van der Waals surface area contributed by atoms with E-state index in [1.165, 1.54) is 12.1 Å². The Kier molecular flexibility index (Phi) is 4.39. The number of aromatic nitrogens is 1. The third-order valence-corrected chi connectivity index (χ3v) is 4.30. The fourth-order valence-electron chi connectivity index (χ4n) is 2.22. The summed E-state index contributed by atoms with van der Waals surface area (Å²) in [5, 5.41) is 9.77. The molecule has 0 spiro atoms. The normalized spacial score (nSPS) is 10.5. The van der Waals surface area contributed by atoms with Crippen molar-refractivity contribution in [3.63, 3.8) is 0 Å². The van der Waals surface area contributed by atoms with Gasteiger partial charge >= 0.3 is 5.97 Å². The summed E-state index contributed by atoms with van der Waals surface area (Å²) >= 11 is 1.61. The van der Waals surface area contributed by atoms with E-state index in [1.54, 1.807) is 23.5 Å². The lowest BCUT2D eigenvalue weighted by atomic mass is 10.1. The monoisotopic (exact) mass is 325 g/mol. The number of aromatic carboxylic acids is 1. The molecule has 0 bridgehead atoms. The molecule has 3 rings (SSSR count). The van der Waals surface area contributed by atoms with E-state index in [2.05, 4.69) is 4.98 Å². The smallest absolute Gasteiger partial charge is 0.335 e. The van der Waals surface area contributed by atoms with Crippen LogP contribution in [0.2, 0.25) is 0 Å². The first-order valence-electron chi connectivity index (χ1n) is 7.11. The summed E-state index contributed by atoms with van der Waals surface area (Å²) in [6.45, 7) is 2.41. The number of thiazole rings is 1. The van der Waals surface area contributed by atoms with Crippen LogP contribution in [0, 0.1) is 6.92 Å². The van der Waals surface area contributed by atoms with Crippen LogP contribution < -0.4 is 4.74 Å². The zero-order chi connectivity index (χ0) is 16.2. The van der Waals surface area contributed by atoms with Gasteiger partial charge in [0.2, 0.25) is 0 Å². The van der Waals surface area contributed by atoms with Crippen LogP contribution in [0.1, 0.15) is 20.2 Å². The largest absolute Gasteiger partial charge is 0.486 e. The van der Waals surface area contributed by atoms with Crippen LogP contribution in [0.3, 0.4) is 0 Å². The van der Waals surface area contributed by atoms with E-state index in [-0.39, 0.29) is 5.56 Å². The number of ether oxygens (including phenoxy) is 1. The molecule has 1 N–H and O–H groups in total. The van der Waals surface area contributed by atoms with Crippen molar-refractivity contribution in [3.8, 4) is 17.0 Å². The molecule has 116 valence electrons. The molecule has 0 radical (unpaired) electrons. The van der Waals surface area contributed by atoms with Gasteiger partial charge in [0.1, 0.15) is 17.4 Å². The second kappa shape index (κ2) is 6.62. The van der Waals surface area contributed by atoms with Gasteiger partial charge in [0.15, 0.2) is 0 Å². The second-order valence-corrected chi connectivity index (χ2v) is 6.28. The Morgan fingerprint density at radius 1 is 1.13 bits per heavy atom. The molecule has 2 aromatic carbocycles. The molecule has 4 nitrogen and oxygen atoms in total. The maximum Gasteiger partial charge on any atom is 0.335 e. The Morgan fingerprint density at radius 2 is 1.83 bits per heavy atom. The molecule has 0 unspecified atom stereocenters. The molecule has 0 saturated carbocycles. The predicted octanol–water partition coefficient (Wildman–Crippen LogP) is 4.40. The first-order chi connectivity index (χ1) is 11.1. The highest BCUT2D eigenvalue weighted by atomic mass is 32.1. The molecular formula is C18H15NO3S. The van der Waals surface area contributed by atoms with Gasteiger partial charge < -0.3 is 9.84 Å². The average Bonchev–Trinajstić information content (AvgIpc) is 2.95. The van der Waals surface area contributed by atoms with Crippen molar-refractivity contribution in [2.45, 2.75) is 13.5 Å². The minimum atomic E-state index is -0.945. The van der Waals surface area contributed by atoms with Crippen LogP contribution in [0.5, 0.6) is 5.75 Å². The lowest BCUT2D eigenvalue weighted by molar-refractivity contribution is 0.0697. The van der Waals surface area contributed by atoms with Crippen LogP contribution in [-0.4, -0.2) is 16.1 Å². The topological polar surface area (TPSA) is 59.4 Å². The van der Waals surface area contributed by atoms with Gasteiger partial charge in [-0.3, -0.25) is 0 Å². The molecule has 0 amide bonds. The molecule has 0 aliphatic carbocycles. The SMILES string of the molecule is Cc1sc(COc2ccc(C(=O)O)cc2)nc1-c1ccccc1. The lowest BCUT2D eigenvalue weighted by Crippen LogP contribution is -1.97. The standard InChI is InChI=1S/C18H15NO3S/c1-12-17(13-5-3-2-4-6-13)19-16(23-12)11-22-15-9-7-14(8-10-15)18(20)21/h2-10H,11H2,1H3,(H,20,21). The van der Waals surface area contributed by atoms with Crippen molar-refractivity contribution in [2.75, 3.05) is 0 Å². The molecule has 0 saturated heterocycles. The van der Waals surface area contributed by atoms with Gasteiger partial charge in [-0.2, -0.15) is 0 Å². The van der Waals surface area contributed by atoms with Gasteiger partial charge in [-0.05, 0) is 31.2 Å². The zero-order valence-electron chi connectivity index (χ0n) is 12.5. The van der Waals surface area contributed by atoms with E-state index in [1.807, 2.05) is 37.3 Å². The summed E-state index contributed by atoms with van der Waals surface area (Å²) in [4.78, 5) is 16.6. The number of aryl methyl sites for hydroxylation is 1. The van der Waals surface area contributed by atoms with Crippen LogP contribution >= 0.6 is 11.3 Å². The van der Waals surface area contributed by atoms with Crippen LogP contribution in [0.15, 0.2) is 54.6 Å². The van der Waals surface area contributed by atoms with Gasteiger partial charge in [-0.15, -0.1) is 11.3 Å². The predicted molar refractivity (Wildman–Crippen MR) is 90.0 cm³/mol. The van der Waals surface area contributed by atoms with E-state index in [4.69, 9.17) is 9.84 Å². The fraction of sp³-hybridized carbons (Fsp3) is 0.111. The lowest BCUT2D eigenvalue weighted by Gasteiger charge is -2.04. The van der Waals surface area contributed by atoms with Gasteiger partial charge in [0.05, 0.1) is 11.3 Å². The Morgan fingerprint density at radius 3 is 2.48 bits per heavy atom. The number of carboxylic acids is 1. The molecule has 23 heavy (non-hydrogen) atoms. The zero-order valence-corrected chi connectivity index (χ0v) is 13.3. The Balaban J connectivity index is 1.70. The molecule has 3 aromatic rings. The van der Waals surface area contributed by atoms with Crippen molar-refractivity contribution < 1.29 is 14.6 Å². The van der Waals surface area contributed by atoms with Gasteiger partial charge in [-0.25, -0.2) is 9.78 Å². The summed E-state index contributed by atoms with van der Waals surface area (Å²) in [6, 6.07) is 16.4. The summed E-state index contributed by atoms with van der Waals surface area (Å²) in [7, 11) is 0. The Hall–Kier alpha value is -2.66. The van der Waals surface area contributed by atoms with E-state index in [0.29, 0.717) is 12.4 Å².